The van der Waals surface area contributed by atoms with Crippen LogP contribution in [0.5, 0.6) is 0 Å². The molecule has 0 radical (unpaired) electrons. The highest BCUT2D eigenvalue weighted by atomic mass is 32.2. The summed E-state index contributed by atoms with van der Waals surface area (Å²) in [6.45, 7) is 0.862. The summed E-state index contributed by atoms with van der Waals surface area (Å²) in [6.07, 6.45) is 8.94. The van der Waals surface area contributed by atoms with Gasteiger partial charge >= 0.3 is 0 Å². The van der Waals surface area contributed by atoms with Gasteiger partial charge in [0, 0.05) is 5.75 Å². The van der Waals surface area contributed by atoms with Gasteiger partial charge in [0.25, 0.3) is 0 Å². The average molecular weight is 278 g/mol. The zero-order valence-electron chi connectivity index (χ0n) is 11.4. The first-order valence-electron chi connectivity index (χ1n) is 7.72. The van der Waals surface area contributed by atoms with Crippen LogP contribution >= 0.6 is 11.8 Å². The van der Waals surface area contributed by atoms with E-state index in [-0.39, 0.29) is 5.41 Å². The summed E-state index contributed by atoms with van der Waals surface area (Å²) in [7, 11) is 0. The molecule has 5 rings (SSSR count). The number of thioether (sulfide) groups is 1. The number of fused-ring (bicyclic) bond motifs is 1. The summed E-state index contributed by atoms with van der Waals surface area (Å²) >= 11 is 1.70. The van der Waals surface area contributed by atoms with Crippen molar-refractivity contribution in [2.75, 3.05) is 12.3 Å². The molecule has 1 N–H and O–H groups in total. The molecule has 2 atom stereocenters. The van der Waals surface area contributed by atoms with Gasteiger partial charge in [0.2, 0.25) is 5.91 Å². The van der Waals surface area contributed by atoms with Crippen molar-refractivity contribution in [1.82, 2.24) is 5.32 Å². The Hall–Kier alpha value is -0.510. The van der Waals surface area contributed by atoms with Crippen LogP contribution in [-0.2, 0) is 4.79 Å². The molecule has 0 saturated heterocycles. The molecule has 1 amide bonds. The van der Waals surface area contributed by atoms with Crippen molar-refractivity contribution >= 4 is 22.8 Å². The topological polar surface area (TPSA) is 41.5 Å². The summed E-state index contributed by atoms with van der Waals surface area (Å²) in [5, 5.41) is 4.01. The van der Waals surface area contributed by atoms with Crippen LogP contribution in [-0.4, -0.2) is 23.4 Å². The Labute approximate surface area is 119 Å². The number of rotatable bonds is 1. The van der Waals surface area contributed by atoms with Crippen LogP contribution in [0.2, 0.25) is 0 Å². The Morgan fingerprint density at radius 1 is 1.16 bits per heavy atom. The van der Waals surface area contributed by atoms with E-state index in [1.54, 1.807) is 11.8 Å². The van der Waals surface area contributed by atoms with Gasteiger partial charge in [-0.15, -0.1) is 0 Å². The summed E-state index contributed by atoms with van der Waals surface area (Å²) in [5.74, 6) is 3.77. The molecule has 0 aromatic carbocycles. The van der Waals surface area contributed by atoms with Gasteiger partial charge in [-0.05, 0) is 49.9 Å². The van der Waals surface area contributed by atoms with Gasteiger partial charge in [0.05, 0.1) is 12.0 Å². The SMILES string of the molecule is O=C(NC1=NCCS1)C12CC3CCC(CC(C3)C1)C2. The van der Waals surface area contributed by atoms with Gasteiger partial charge in [0.1, 0.15) is 0 Å². The minimum absolute atomic E-state index is 0.0430. The minimum atomic E-state index is -0.0430. The zero-order valence-corrected chi connectivity index (χ0v) is 12.2. The van der Waals surface area contributed by atoms with Crippen LogP contribution < -0.4 is 5.32 Å². The monoisotopic (exact) mass is 278 g/mol. The number of hydrogen-bond donors (Lipinski definition) is 1. The van der Waals surface area contributed by atoms with Crippen molar-refractivity contribution in [2.24, 2.45) is 28.2 Å². The van der Waals surface area contributed by atoms with Crippen molar-refractivity contribution in [2.45, 2.75) is 44.9 Å². The molecule has 5 aliphatic rings. The largest absolute Gasteiger partial charge is 0.305 e. The molecule has 104 valence electrons. The third-order valence-electron chi connectivity index (χ3n) is 5.64. The number of carbonyl (C=O) groups is 1. The third-order valence-corrected chi connectivity index (χ3v) is 6.53. The van der Waals surface area contributed by atoms with Crippen LogP contribution in [0.15, 0.2) is 4.99 Å². The molecule has 0 aromatic rings. The maximum Gasteiger partial charge on any atom is 0.232 e. The highest BCUT2D eigenvalue weighted by Gasteiger charge is 2.52. The number of amidine groups is 1. The first-order chi connectivity index (χ1) is 9.23. The van der Waals surface area contributed by atoms with E-state index in [4.69, 9.17) is 0 Å². The molecule has 2 unspecified atom stereocenters. The molecule has 19 heavy (non-hydrogen) atoms. The van der Waals surface area contributed by atoms with E-state index < -0.39 is 0 Å². The molecular formula is C15H22N2OS. The lowest BCUT2D eigenvalue weighted by Gasteiger charge is -2.47. The zero-order chi connectivity index (χ0) is 12.9. The fourth-order valence-corrected chi connectivity index (χ4v) is 5.83. The van der Waals surface area contributed by atoms with Crippen molar-refractivity contribution < 1.29 is 4.79 Å². The maximum atomic E-state index is 12.8. The number of amides is 1. The number of aliphatic imine (C=N–C) groups is 1. The van der Waals surface area contributed by atoms with Gasteiger partial charge in [-0.1, -0.05) is 24.6 Å². The second kappa shape index (κ2) is 4.51. The van der Waals surface area contributed by atoms with Gasteiger partial charge < -0.3 is 5.32 Å². The summed E-state index contributed by atoms with van der Waals surface area (Å²) in [4.78, 5) is 17.2. The molecule has 4 heteroatoms. The molecule has 0 spiro atoms. The van der Waals surface area contributed by atoms with E-state index in [1.165, 1.54) is 25.7 Å². The van der Waals surface area contributed by atoms with Crippen LogP contribution in [0.25, 0.3) is 0 Å². The van der Waals surface area contributed by atoms with E-state index in [1.807, 2.05) is 0 Å². The fourth-order valence-electron chi connectivity index (χ4n) is 5.11. The summed E-state index contributed by atoms with van der Waals surface area (Å²) < 4.78 is 0. The molecule has 1 heterocycles. The number of nitrogens with zero attached hydrogens (tertiary/aromatic N) is 1. The standard InChI is InChI=1S/C15H22N2OS/c18-13(17-14-16-3-4-19-14)15-7-10-1-2-11(8-15)6-12(5-10)9-15/h10-12H,1-9H2,(H,16,17,18). The van der Waals surface area contributed by atoms with Gasteiger partial charge in [-0.3, -0.25) is 9.79 Å². The highest BCUT2D eigenvalue weighted by Crippen LogP contribution is 2.57. The van der Waals surface area contributed by atoms with Crippen molar-refractivity contribution in [3.63, 3.8) is 0 Å². The summed E-state index contributed by atoms with van der Waals surface area (Å²) in [6, 6.07) is 0. The molecule has 4 saturated carbocycles. The van der Waals surface area contributed by atoms with Crippen LogP contribution in [0.1, 0.15) is 44.9 Å². The first-order valence-corrected chi connectivity index (χ1v) is 8.71. The Balaban J connectivity index is 1.56. The highest BCUT2D eigenvalue weighted by molar-refractivity contribution is 8.14. The second-order valence-electron chi connectivity index (χ2n) is 7.03. The molecule has 3 nitrogen and oxygen atoms in total. The van der Waals surface area contributed by atoms with Crippen LogP contribution in [0.3, 0.4) is 0 Å². The fraction of sp³-hybridized carbons (Fsp3) is 0.867. The molecule has 0 aromatic heterocycles. The molecular weight excluding hydrogens is 256 g/mol. The van der Waals surface area contributed by atoms with Crippen molar-refractivity contribution in [3.05, 3.63) is 0 Å². The average Bonchev–Trinajstić information content (AvgIpc) is 2.79. The van der Waals surface area contributed by atoms with E-state index in [0.29, 0.717) is 5.91 Å². The number of nitrogens with one attached hydrogen (secondary N) is 1. The lowest BCUT2D eigenvalue weighted by Crippen LogP contribution is -2.49. The number of hydrogen-bond acceptors (Lipinski definition) is 3. The molecule has 1 aliphatic heterocycles. The van der Waals surface area contributed by atoms with Gasteiger partial charge in [-0.2, -0.15) is 0 Å². The Bertz CT molecular complexity index is 418. The second-order valence-corrected chi connectivity index (χ2v) is 8.11. The third kappa shape index (κ3) is 2.12. The Morgan fingerprint density at radius 2 is 1.84 bits per heavy atom. The van der Waals surface area contributed by atoms with Gasteiger partial charge in [-0.25, -0.2) is 0 Å². The molecule has 4 bridgehead atoms. The van der Waals surface area contributed by atoms with E-state index in [0.717, 1.165) is 54.5 Å². The first kappa shape index (κ1) is 12.2. The van der Waals surface area contributed by atoms with E-state index in [2.05, 4.69) is 10.3 Å². The predicted octanol–water partition coefficient (Wildman–Crippen LogP) is 2.81. The predicted molar refractivity (Wildman–Crippen MR) is 78.1 cm³/mol. The molecule has 4 aliphatic carbocycles. The Morgan fingerprint density at radius 3 is 2.47 bits per heavy atom. The number of carbonyl (C=O) groups excluding carboxylic acids is 1. The normalized spacial score (nSPS) is 44.0. The lowest BCUT2D eigenvalue weighted by molar-refractivity contribution is -0.136. The lowest BCUT2D eigenvalue weighted by atomic mass is 9.58. The van der Waals surface area contributed by atoms with Crippen molar-refractivity contribution in [3.8, 4) is 0 Å². The van der Waals surface area contributed by atoms with Crippen molar-refractivity contribution in [1.29, 1.82) is 0 Å². The summed E-state index contributed by atoms with van der Waals surface area (Å²) in [5.41, 5.74) is -0.0430. The smallest absolute Gasteiger partial charge is 0.232 e. The minimum Gasteiger partial charge on any atom is -0.305 e. The van der Waals surface area contributed by atoms with E-state index in [9.17, 15) is 4.79 Å². The van der Waals surface area contributed by atoms with E-state index >= 15 is 0 Å². The maximum absolute atomic E-state index is 12.8. The quantitative estimate of drug-likeness (QED) is 0.801. The van der Waals surface area contributed by atoms with Gasteiger partial charge in [0.15, 0.2) is 5.17 Å². The van der Waals surface area contributed by atoms with Crippen LogP contribution in [0.4, 0.5) is 0 Å². The van der Waals surface area contributed by atoms with Crippen LogP contribution in [0, 0.1) is 23.2 Å². The molecule has 4 fully saturated rings. The Kier molecular flexibility index (Phi) is 2.90.